The molecule has 0 saturated carbocycles. The van der Waals surface area contributed by atoms with Gasteiger partial charge in [0.05, 0.1) is 63.8 Å². The molecule has 6 amide bonds. The first-order chi connectivity index (χ1) is 25.6. The van der Waals surface area contributed by atoms with Crippen molar-refractivity contribution in [3.8, 4) is 0 Å². The van der Waals surface area contributed by atoms with E-state index in [9.17, 15) is 29.1 Å². The summed E-state index contributed by atoms with van der Waals surface area (Å²) in [5.41, 5.74) is 0. The van der Waals surface area contributed by atoms with Crippen LogP contribution in [0.1, 0.15) is 64.2 Å². The minimum atomic E-state index is -1.29. The number of unbranched alkanes of at least 4 members (excludes halogenated alkanes) is 2. The second-order valence-electron chi connectivity index (χ2n) is 13.7. The molecule has 0 bridgehead atoms. The Balaban J connectivity index is 0.880. The van der Waals surface area contributed by atoms with Crippen LogP contribution < -0.4 is 31.9 Å². The first kappa shape index (κ1) is 43.6. The first-order valence-corrected chi connectivity index (χ1v) is 21.4. The molecule has 0 spiro atoms. The van der Waals surface area contributed by atoms with Gasteiger partial charge in [-0.15, -0.1) is 0 Å². The molecular formula is C34H58N6O10S3. The van der Waals surface area contributed by atoms with Crippen molar-refractivity contribution in [3.05, 3.63) is 0 Å². The molecule has 16 nitrogen and oxygen atoms in total. The highest BCUT2D eigenvalue weighted by atomic mass is 32.2. The molecule has 4 rings (SSSR count). The Hall–Kier alpha value is -2.16. The fourth-order valence-corrected chi connectivity index (χ4v) is 9.98. The van der Waals surface area contributed by atoms with Gasteiger partial charge >= 0.3 is 18.0 Å². The summed E-state index contributed by atoms with van der Waals surface area (Å²) in [4.78, 5) is 59.0. The highest BCUT2D eigenvalue weighted by Crippen LogP contribution is 2.34. The highest BCUT2D eigenvalue weighted by Gasteiger charge is 2.43. The average Bonchev–Trinajstić information content (AvgIpc) is 3.89. The Morgan fingerprint density at radius 1 is 0.660 bits per heavy atom. The average molecular weight is 807 g/mol. The second kappa shape index (κ2) is 23.7. The Kier molecular flexibility index (Phi) is 19.5. The van der Waals surface area contributed by atoms with Crippen LogP contribution in [0.2, 0.25) is 0 Å². The summed E-state index contributed by atoms with van der Waals surface area (Å²) >= 11 is 8.15. The third-order valence-corrected chi connectivity index (χ3v) is 13.4. The molecule has 4 aliphatic rings. The van der Waals surface area contributed by atoms with Gasteiger partial charge in [0.1, 0.15) is 4.75 Å². The van der Waals surface area contributed by atoms with Gasteiger partial charge in [0.25, 0.3) is 0 Å². The molecule has 302 valence electrons. The number of aliphatic carboxylic acids is 1. The van der Waals surface area contributed by atoms with Crippen LogP contribution in [0.4, 0.5) is 9.59 Å². The fourth-order valence-electron chi connectivity index (χ4n) is 6.72. The van der Waals surface area contributed by atoms with E-state index >= 15 is 0 Å². The number of hydrogen-bond donors (Lipinski definition) is 8. The van der Waals surface area contributed by atoms with Crippen molar-refractivity contribution in [1.82, 2.24) is 31.9 Å². The van der Waals surface area contributed by atoms with E-state index in [0.29, 0.717) is 76.1 Å². The van der Waals surface area contributed by atoms with Gasteiger partial charge in [-0.2, -0.15) is 36.2 Å². The lowest BCUT2D eigenvalue weighted by Crippen LogP contribution is -2.36. The van der Waals surface area contributed by atoms with Crippen molar-refractivity contribution in [2.24, 2.45) is 0 Å². The van der Waals surface area contributed by atoms with E-state index in [1.54, 1.807) is 0 Å². The van der Waals surface area contributed by atoms with Crippen molar-refractivity contribution >= 4 is 66.0 Å². The topological polar surface area (TPSA) is 215 Å². The maximum absolute atomic E-state index is 12.1. The van der Waals surface area contributed by atoms with Crippen LogP contribution in [0.3, 0.4) is 0 Å². The molecule has 4 saturated heterocycles. The zero-order chi connectivity index (χ0) is 37.9. The van der Waals surface area contributed by atoms with E-state index in [1.807, 2.05) is 23.5 Å². The Morgan fingerprint density at radius 3 is 1.49 bits per heavy atom. The monoisotopic (exact) mass is 806 g/mol. The van der Waals surface area contributed by atoms with Gasteiger partial charge in [0.2, 0.25) is 11.8 Å². The van der Waals surface area contributed by atoms with Crippen molar-refractivity contribution in [2.45, 2.75) is 104 Å². The lowest BCUT2D eigenvalue weighted by molar-refractivity contribution is -0.141. The third kappa shape index (κ3) is 15.5. The van der Waals surface area contributed by atoms with Gasteiger partial charge in [-0.1, -0.05) is 12.8 Å². The van der Waals surface area contributed by atoms with Crippen molar-refractivity contribution in [2.75, 3.05) is 77.5 Å². The van der Waals surface area contributed by atoms with Crippen LogP contribution in [-0.4, -0.2) is 152 Å². The van der Waals surface area contributed by atoms with Crippen LogP contribution >= 0.6 is 36.2 Å². The number of carbonyl (C=O) groups is 5. The number of rotatable bonds is 29. The van der Waals surface area contributed by atoms with Crippen molar-refractivity contribution in [3.63, 3.8) is 0 Å². The number of carboxylic acids is 1. The van der Waals surface area contributed by atoms with E-state index in [-0.39, 0.29) is 74.1 Å². The number of hydrogen-bond acceptors (Lipinski definition) is 12. The number of carbonyl (C=O) groups excluding carboxylic acids is 4. The van der Waals surface area contributed by atoms with E-state index in [0.717, 1.165) is 50.0 Å². The van der Waals surface area contributed by atoms with Gasteiger partial charge in [0, 0.05) is 61.2 Å². The fraction of sp³-hybridized carbons (Fsp3) is 0.853. The molecule has 0 aromatic rings. The molecule has 4 fully saturated rings. The van der Waals surface area contributed by atoms with Gasteiger partial charge in [0.15, 0.2) is 0 Å². The summed E-state index contributed by atoms with van der Waals surface area (Å²) < 4.78 is 20.8. The molecule has 0 aromatic carbocycles. The van der Waals surface area contributed by atoms with Gasteiger partial charge in [-0.3, -0.25) is 14.4 Å². The number of fused-ring (bicyclic) bond motifs is 2. The molecule has 0 unspecified atom stereocenters. The smallest absolute Gasteiger partial charge is 0.319 e. The summed E-state index contributed by atoms with van der Waals surface area (Å²) in [5, 5.41) is 28.1. The number of ether oxygens (including phenoxy) is 4. The summed E-state index contributed by atoms with van der Waals surface area (Å²) in [6, 6.07) is 0.660. The van der Waals surface area contributed by atoms with E-state index in [4.69, 9.17) is 18.9 Å². The summed E-state index contributed by atoms with van der Waals surface area (Å²) in [6.07, 6.45) is 6.74. The van der Waals surface area contributed by atoms with Crippen LogP contribution in [0.25, 0.3) is 0 Å². The second-order valence-corrected chi connectivity index (χ2v) is 17.1. The Bertz CT molecular complexity index is 1110. The predicted molar refractivity (Wildman–Crippen MR) is 206 cm³/mol. The SMILES string of the molecule is O=C(CCCC[C@@H]1SC[C@@H]2NC(=O)N[C@@H]21)NCCOCCOCCC(S)(CCOCCOCCNC(=O)CCCC[C@@H]1SC[C@@H]2NC(=O)N[C@@H]21)C(=O)O. The maximum atomic E-state index is 12.1. The summed E-state index contributed by atoms with van der Waals surface area (Å²) in [5.74, 6) is 0.812. The quantitative estimate of drug-likeness (QED) is 0.0305. The zero-order valence-corrected chi connectivity index (χ0v) is 32.9. The van der Waals surface area contributed by atoms with Gasteiger partial charge in [-0.25, -0.2) is 9.59 Å². The third-order valence-electron chi connectivity index (χ3n) is 9.76. The molecule has 4 heterocycles. The van der Waals surface area contributed by atoms with Crippen LogP contribution in [0.15, 0.2) is 0 Å². The number of amides is 6. The van der Waals surface area contributed by atoms with Crippen LogP contribution in [0.5, 0.6) is 0 Å². The van der Waals surface area contributed by atoms with E-state index in [2.05, 4.69) is 44.5 Å². The van der Waals surface area contributed by atoms with Gasteiger partial charge < -0.3 is 56.0 Å². The van der Waals surface area contributed by atoms with Crippen molar-refractivity contribution < 1.29 is 48.0 Å². The summed E-state index contributed by atoms with van der Waals surface area (Å²) in [7, 11) is 0. The number of nitrogens with one attached hydrogen (secondary N) is 6. The van der Waals surface area contributed by atoms with Gasteiger partial charge in [-0.05, 0) is 38.5 Å². The Morgan fingerprint density at radius 2 is 1.08 bits per heavy atom. The zero-order valence-electron chi connectivity index (χ0n) is 30.4. The molecule has 53 heavy (non-hydrogen) atoms. The van der Waals surface area contributed by atoms with Crippen molar-refractivity contribution in [1.29, 1.82) is 0 Å². The predicted octanol–water partition coefficient (Wildman–Crippen LogP) is 1.27. The molecule has 6 atom stereocenters. The molecule has 4 aliphatic heterocycles. The lowest BCUT2D eigenvalue weighted by atomic mass is 10.0. The minimum absolute atomic E-state index is 0.00944. The van der Waals surface area contributed by atoms with E-state index < -0.39 is 10.7 Å². The molecule has 0 aliphatic carbocycles. The highest BCUT2D eigenvalue weighted by molar-refractivity contribution is 8.00. The number of urea groups is 2. The largest absolute Gasteiger partial charge is 0.480 e. The molecular weight excluding hydrogens is 749 g/mol. The number of carboxylic acid groups (broad SMARTS) is 1. The number of thiol groups is 1. The first-order valence-electron chi connectivity index (χ1n) is 18.8. The standard InChI is InChI=1S/C34H58N6O10S3/c41-27(7-3-1-5-25-29-23(21-52-25)37-32(45)39-29)35-11-15-49-19-17-47-13-9-34(51,31(43)44)10-14-48-18-20-50-16-12-36-28(42)8-4-2-6-26-30-24(22-53-26)38-33(46)40-30/h23-26,29-30,51H,1-22H2,(H,35,41)(H,36,42)(H,43,44)(H2,37,39,45)(H2,38,40,46)/t23-,24-,25-,26-,29-,30-/m0/s1. The Labute approximate surface area is 326 Å². The minimum Gasteiger partial charge on any atom is -0.480 e. The lowest BCUT2D eigenvalue weighted by Gasteiger charge is -2.23. The molecule has 0 aromatic heterocycles. The maximum Gasteiger partial charge on any atom is 0.319 e. The van der Waals surface area contributed by atoms with Crippen LogP contribution in [-0.2, 0) is 33.3 Å². The number of thioether (sulfide) groups is 2. The molecule has 19 heteroatoms. The molecule has 0 radical (unpaired) electrons. The van der Waals surface area contributed by atoms with Crippen LogP contribution in [0, 0.1) is 0 Å². The molecule has 7 N–H and O–H groups in total. The van der Waals surface area contributed by atoms with E-state index in [1.165, 1.54) is 0 Å². The summed E-state index contributed by atoms with van der Waals surface area (Å²) in [6.45, 7) is 3.16. The normalized spacial score (nSPS) is 24.5.